The van der Waals surface area contributed by atoms with Crippen LogP contribution in [0.5, 0.6) is 5.75 Å². The van der Waals surface area contributed by atoms with Gasteiger partial charge in [-0.25, -0.2) is 12.8 Å². The van der Waals surface area contributed by atoms with Crippen molar-refractivity contribution in [2.24, 2.45) is 0 Å². The molecule has 8 heteroatoms. The van der Waals surface area contributed by atoms with Crippen molar-refractivity contribution in [2.45, 2.75) is 18.2 Å². The highest BCUT2D eigenvalue weighted by molar-refractivity contribution is 7.92. The van der Waals surface area contributed by atoms with Crippen molar-refractivity contribution < 1.29 is 22.7 Å². The number of phenols is 1. The number of aromatic hydroxyl groups is 1. The van der Waals surface area contributed by atoms with Crippen molar-refractivity contribution in [1.82, 2.24) is 4.90 Å². The molecule has 1 aliphatic rings. The topological polar surface area (TPSA) is 86.7 Å². The summed E-state index contributed by atoms with van der Waals surface area (Å²) in [6.07, 6.45) is 2.62. The van der Waals surface area contributed by atoms with Crippen molar-refractivity contribution in [3.63, 3.8) is 0 Å². The lowest BCUT2D eigenvalue weighted by Gasteiger charge is -2.27. The molecule has 0 fully saturated rings. The minimum absolute atomic E-state index is 0.0434. The van der Waals surface area contributed by atoms with Crippen molar-refractivity contribution in [3.05, 3.63) is 95.3 Å². The molecule has 0 saturated heterocycles. The second-order valence-electron chi connectivity index (χ2n) is 7.87. The summed E-state index contributed by atoms with van der Waals surface area (Å²) in [6, 6.07) is 16.4. The number of hydrogen-bond donors (Lipinski definition) is 2. The van der Waals surface area contributed by atoms with Crippen molar-refractivity contribution in [3.8, 4) is 5.75 Å². The Bertz CT molecular complexity index is 1320. The van der Waals surface area contributed by atoms with E-state index >= 15 is 0 Å². The third kappa shape index (κ3) is 5.06. The zero-order chi connectivity index (χ0) is 23.6. The van der Waals surface area contributed by atoms with Gasteiger partial charge in [0.15, 0.2) is 0 Å². The quantitative estimate of drug-likeness (QED) is 0.577. The lowest BCUT2D eigenvalue weighted by Crippen LogP contribution is -2.35. The Hall–Kier alpha value is -3.65. The number of phenolic OH excluding ortho intramolecular Hbond substituents is 1. The number of sulfonamides is 1. The van der Waals surface area contributed by atoms with Crippen LogP contribution in [0.25, 0.3) is 5.57 Å². The summed E-state index contributed by atoms with van der Waals surface area (Å²) in [7, 11) is -3.95. The van der Waals surface area contributed by atoms with E-state index in [1.165, 1.54) is 24.3 Å². The van der Waals surface area contributed by atoms with Crippen LogP contribution in [-0.2, 0) is 10.0 Å². The van der Waals surface area contributed by atoms with Crippen LogP contribution in [-0.4, -0.2) is 37.4 Å². The van der Waals surface area contributed by atoms with Crippen molar-refractivity contribution in [1.29, 1.82) is 0 Å². The zero-order valence-electron chi connectivity index (χ0n) is 18.0. The number of nitrogens with one attached hydrogen (secondary N) is 1. The predicted molar refractivity (Wildman–Crippen MR) is 125 cm³/mol. The number of hydrogen-bond acceptors (Lipinski definition) is 4. The number of rotatable bonds is 5. The van der Waals surface area contributed by atoms with Gasteiger partial charge in [-0.1, -0.05) is 24.3 Å². The van der Waals surface area contributed by atoms with E-state index in [9.17, 15) is 22.7 Å². The molecule has 1 heterocycles. The van der Waals surface area contributed by atoms with Crippen molar-refractivity contribution in [2.75, 3.05) is 17.8 Å². The summed E-state index contributed by atoms with van der Waals surface area (Å²) < 4.78 is 41.1. The van der Waals surface area contributed by atoms with Gasteiger partial charge in [-0.15, -0.1) is 0 Å². The highest BCUT2D eigenvalue weighted by atomic mass is 32.2. The Morgan fingerprint density at radius 1 is 1.03 bits per heavy atom. The van der Waals surface area contributed by atoms with Gasteiger partial charge in [0.25, 0.3) is 15.9 Å². The molecule has 1 aliphatic heterocycles. The van der Waals surface area contributed by atoms with Gasteiger partial charge >= 0.3 is 0 Å². The molecule has 170 valence electrons. The van der Waals surface area contributed by atoms with Crippen LogP contribution in [0.1, 0.15) is 27.9 Å². The molecule has 0 unspecified atom stereocenters. The molecule has 4 rings (SSSR count). The second-order valence-corrected chi connectivity index (χ2v) is 9.55. The fourth-order valence-corrected chi connectivity index (χ4v) is 4.78. The van der Waals surface area contributed by atoms with E-state index in [-0.39, 0.29) is 22.2 Å². The minimum atomic E-state index is -3.95. The lowest BCUT2D eigenvalue weighted by atomic mass is 9.98. The molecule has 0 spiro atoms. The number of halogens is 1. The van der Waals surface area contributed by atoms with E-state index in [1.807, 2.05) is 18.2 Å². The van der Waals surface area contributed by atoms with Gasteiger partial charge in [0, 0.05) is 24.3 Å². The van der Waals surface area contributed by atoms with Crippen LogP contribution >= 0.6 is 0 Å². The van der Waals surface area contributed by atoms with Gasteiger partial charge in [0.2, 0.25) is 0 Å². The van der Waals surface area contributed by atoms with E-state index in [0.29, 0.717) is 30.6 Å². The van der Waals surface area contributed by atoms with E-state index in [0.717, 1.165) is 23.3 Å². The van der Waals surface area contributed by atoms with Gasteiger partial charge in [-0.3, -0.25) is 9.52 Å². The molecular weight excluding hydrogens is 443 g/mol. The molecule has 2 N–H and O–H groups in total. The summed E-state index contributed by atoms with van der Waals surface area (Å²) in [4.78, 5) is 14.8. The number of carbonyl (C=O) groups is 1. The van der Waals surface area contributed by atoms with Gasteiger partial charge in [-0.2, -0.15) is 0 Å². The number of carbonyl (C=O) groups excluding carboxylic acids is 1. The van der Waals surface area contributed by atoms with E-state index in [1.54, 1.807) is 30.0 Å². The largest absolute Gasteiger partial charge is 0.508 e. The number of amides is 1. The first-order valence-corrected chi connectivity index (χ1v) is 11.9. The maximum Gasteiger partial charge on any atom is 0.261 e. The SMILES string of the molecule is Cc1ccc(S(=O)(=O)Nc2ccc(F)cc2)cc1C(=O)N1CC=C(c2ccc(O)cc2)CC1. The monoisotopic (exact) mass is 466 g/mol. The number of benzene rings is 3. The molecule has 0 aromatic heterocycles. The standard InChI is InChI=1S/C25H23FN2O4S/c1-17-2-11-23(33(31,32)27-21-7-5-20(26)6-8-21)16-24(17)25(30)28-14-12-19(13-15-28)18-3-9-22(29)10-4-18/h2-12,16,27,29H,13-15H2,1H3. The van der Waals surface area contributed by atoms with Crippen LogP contribution in [0.15, 0.2) is 77.7 Å². The smallest absolute Gasteiger partial charge is 0.261 e. The summed E-state index contributed by atoms with van der Waals surface area (Å²) in [5.74, 6) is -0.510. The molecule has 0 bridgehead atoms. The molecule has 0 radical (unpaired) electrons. The van der Waals surface area contributed by atoms with Gasteiger partial charge in [0.1, 0.15) is 11.6 Å². The summed E-state index contributed by atoms with van der Waals surface area (Å²) >= 11 is 0. The summed E-state index contributed by atoms with van der Waals surface area (Å²) in [5, 5.41) is 9.46. The average Bonchev–Trinajstić information content (AvgIpc) is 2.81. The number of nitrogens with zero attached hydrogens (tertiary/aromatic N) is 1. The fraction of sp³-hybridized carbons (Fsp3) is 0.160. The number of anilines is 1. The molecule has 0 atom stereocenters. The first kappa shape index (κ1) is 22.5. The van der Waals surface area contributed by atoms with Crippen LogP contribution in [0, 0.1) is 12.7 Å². The van der Waals surface area contributed by atoms with Gasteiger partial charge in [-0.05, 0) is 78.6 Å². The van der Waals surface area contributed by atoms with Gasteiger partial charge < -0.3 is 10.0 Å². The van der Waals surface area contributed by atoms with Crippen molar-refractivity contribution >= 4 is 27.2 Å². The second kappa shape index (κ2) is 9.07. The molecule has 1 amide bonds. The molecule has 33 heavy (non-hydrogen) atoms. The minimum Gasteiger partial charge on any atom is -0.508 e. The van der Waals surface area contributed by atoms with E-state index in [4.69, 9.17) is 0 Å². The Labute approximate surface area is 192 Å². The van der Waals surface area contributed by atoms with Crippen LogP contribution in [0.2, 0.25) is 0 Å². The molecule has 0 aliphatic carbocycles. The summed E-state index contributed by atoms with van der Waals surface area (Å²) in [5.41, 5.74) is 3.31. The highest BCUT2D eigenvalue weighted by Gasteiger charge is 2.23. The van der Waals surface area contributed by atoms with E-state index < -0.39 is 15.8 Å². The molecule has 6 nitrogen and oxygen atoms in total. The maximum absolute atomic E-state index is 13.2. The van der Waals surface area contributed by atoms with Crippen LogP contribution < -0.4 is 4.72 Å². The summed E-state index contributed by atoms with van der Waals surface area (Å²) in [6.45, 7) is 2.66. The van der Waals surface area contributed by atoms with E-state index in [2.05, 4.69) is 4.72 Å². The third-order valence-corrected chi connectivity index (χ3v) is 6.96. The third-order valence-electron chi connectivity index (χ3n) is 5.58. The maximum atomic E-state index is 13.2. The molecule has 3 aromatic carbocycles. The molecular formula is C25H23FN2O4S. The Morgan fingerprint density at radius 3 is 2.36 bits per heavy atom. The first-order valence-electron chi connectivity index (χ1n) is 10.4. The zero-order valence-corrected chi connectivity index (χ0v) is 18.8. The Morgan fingerprint density at radius 2 is 1.73 bits per heavy atom. The van der Waals surface area contributed by atoms with Crippen LogP contribution in [0.3, 0.4) is 0 Å². The van der Waals surface area contributed by atoms with Crippen LogP contribution in [0.4, 0.5) is 10.1 Å². The molecule has 0 saturated carbocycles. The predicted octanol–water partition coefficient (Wildman–Crippen LogP) is 4.57. The number of aryl methyl sites for hydroxylation is 1. The highest BCUT2D eigenvalue weighted by Crippen LogP contribution is 2.26. The first-order chi connectivity index (χ1) is 15.7. The lowest BCUT2D eigenvalue weighted by molar-refractivity contribution is 0.0772. The normalized spacial score (nSPS) is 14.0. The fourth-order valence-electron chi connectivity index (χ4n) is 3.69. The Kier molecular flexibility index (Phi) is 6.20. The average molecular weight is 467 g/mol. The van der Waals surface area contributed by atoms with Gasteiger partial charge in [0.05, 0.1) is 4.90 Å². The molecule has 3 aromatic rings. The Balaban J connectivity index is 1.53.